The molecule has 0 bridgehead atoms. The Hall–Kier alpha value is -3.37. The Morgan fingerprint density at radius 1 is 1.06 bits per heavy atom. The summed E-state index contributed by atoms with van der Waals surface area (Å²) in [5, 5.41) is -0.596. The number of methoxy groups -OCH3 is 1. The summed E-state index contributed by atoms with van der Waals surface area (Å²) in [6.07, 6.45) is -0.733. The molecule has 2 aromatic carbocycles. The van der Waals surface area contributed by atoms with Gasteiger partial charge >= 0.3 is 17.9 Å². The van der Waals surface area contributed by atoms with E-state index in [1.165, 1.54) is 30.7 Å². The molecule has 10 heteroatoms. The van der Waals surface area contributed by atoms with Gasteiger partial charge in [-0.1, -0.05) is 60.7 Å². The Morgan fingerprint density at radius 2 is 1.64 bits per heavy atom. The predicted octanol–water partition coefficient (Wildman–Crippen LogP) is 3.87. The van der Waals surface area contributed by atoms with E-state index in [1.807, 2.05) is 60.7 Å². The fraction of sp³-hybridized carbons (Fsp3) is 0.231. The fourth-order valence-electron chi connectivity index (χ4n) is 3.89. The minimum atomic E-state index is -0.734. The largest absolute Gasteiger partial charge is 0.465 e. The van der Waals surface area contributed by atoms with Crippen molar-refractivity contribution in [2.45, 2.75) is 18.4 Å². The van der Waals surface area contributed by atoms with Gasteiger partial charge in [-0.25, -0.2) is 9.59 Å². The summed E-state index contributed by atoms with van der Waals surface area (Å²) in [5.41, 5.74) is 2.16. The standard InChI is InChI=1S/C26H22BrNO7S/c1-15(29)34-13-18-14-36-24-19(20(27)25(31)33-2)23(30)28(24)21(18)26(32)35-22(16-9-5-3-6-10-16)17-11-7-4-8-12-17/h3-12,22,24H,13-14H2,1-2H3/b20-19+. The average Bonchev–Trinajstić information content (AvgIpc) is 2.90. The molecule has 1 atom stereocenters. The molecule has 1 saturated heterocycles. The maximum atomic E-state index is 13.7. The van der Waals surface area contributed by atoms with Crippen LogP contribution in [0.2, 0.25) is 0 Å². The number of carbonyl (C=O) groups is 4. The predicted molar refractivity (Wildman–Crippen MR) is 136 cm³/mol. The zero-order chi connectivity index (χ0) is 25.8. The van der Waals surface area contributed by atoms with Gasteiger partial charge in [-0.2, -0.15) is 0 Å². The van der Waals surface area contributed by atoms with Crippen LogP contribution in [0.1, 0.15) is 24.2 Å². The number of ether oxygens (including phenoxy) is 3. The Bertz CT molecular complexity index is 1220. The summed E-state index contributed by atoms with van der Waals surface area (Å²) in [6, 6.07) is 18.5. The second kappa shape index (κ2) is 11.1. The molecule has 36 heavy (non-hydrogen) atoms. The summed E-state index contributed by atoms with van der Waals surface area (Å²) < 4.78 is 15.9. The molecule has 0 radical (unpaired) electrons. The first-order chi connectivity index (χ1) is 17.3. The molecule has 1 fully saturated rings. The zero-order valence-electron chi connectivity index (χ0n) is 19.4. The number of esters is 3. The van der Waals surface area contributed by atoms with Crippen LogP contribution in [-0.2, 0) is 33.4 Å². The van der Waals surface area contributed by atoms with Crippen molar-refractivity contribution in [1.29, 1.82) is 0 Å². The van der Waals surface area contributed by atoms with E-state index in [1.54, 1.807) is 0 Å². The Morgan fingerprint density at radius 3 is 2.17 bits per heavy atom. The molecule has 0 spiro atoms. The number of fused-ring (bicyclic) bond motifs is 1. The van der Waals surface area contributed by atoms with Crippen LogP contribution < -0.4 is 0 Å². The Labute approximate surface area is 220 Å². The third kappa shape index (κ3) is 5.10. The van der Waals surface area contributed by atoms with Gasteiger partial charge in [-0.15, -0.1) is 11.8 Å². The van der Waals surface area contributed by atoms with Crippen molar-refractivity contribution in [1.82, 2.24) is 4.90 Å². The number of β-lactam (4-membered cyclic amide) rings is 1. The molecule has 0 aliphatic carbocycles. The Balaban J connectivity index is 1.71. The maximum Gasteiger partial charge on any atom is 0.356 e. The first-order valence-electron chi connectivity index (χ1n) is 10.9. The number of thioether (sulfide) groups is 1. The smallest absolute Gasteiger partial charge is 0.356 e. The first-order valence-corrected chi connectivity index (χ1v) is 12.8. The van der Waals surface area contributed by atoms with Gasteiger partial charge in [0.25, 0.3) is 5.91 Å². The van der Waals surface area contributed by atoms with E-state index < -0.39 is 35.3 Å². The molecule has 0 aromatic heterocycles. The highest BCUT2D eigenvalue weighted by Crippen LogP contribution is 2.46. The summed E-state index contributed by atoms with van der Waals surface area (Å²) in [4.78, 5) is 51.6. The third-order valence-electron chi connectivity index (χ3n) is 5.60. The molecule has 2 aliphatic heterocycles. The van der Waals surface area contributed by atoms with E-state index in [0.29, 0.717) is 11.3 Å². The number of hydrogen-bond donors (Lipinski definition) is 0. The van der Waals surface area contributed by atoms with Crippen molar-refractivity contribution in [2.24, 2.45) is 0 Å². The van der Waals surface area contributed by atoms with Gasteiger partial charge in [0.1, 0.15) is 22.2 Å². The van der Waals surface area contributed by atoms with Crippen molar-refractivity contribution in [3.8, 4) is 0 Å². The molecule has 4 rings (SSSR count). The number of rotatable bonds is 7. The van der Waals surface area contributed by atoms with Crippen molar-refractivity contribution in [3.63, 3.8) is 0 Å². The number of nitrogens with zero attached hydrogens (tertiary/aromatic N) is 1. The minimum Gasteiger partial charge on any atom is -0.465 e. The lowest BCUT2D eigenvalue weighted by Crippen LogP contribution is -2.57. The second-order valence-corrected chi connectivity index (χ2v) is 9.76. The van der Waals surface area contributed by atoms with Gasteiger partial charge in [0, 0.05) is 18.2 Å². The highest BCUT2D eigenvalue weighted by Gasteiger charge is 2.52. The van der Waals surface area contributed by atoms with E-state index in [4.69, 9.17) is 14.2 Å². The molecule has 1 unspecified atom stereocenters. The van der Waals surface area contributed by atoms with E-state index in [9.17, 15) is 19.2 Å². The Kier molecular flexibility index (Phi) is 7.95. The number of amides is 1. The van der Waals surface area contributed by atoms with Gasteiger partial charge in [0.05, 0.1) is 12.7 Å². The number of hydrogen-bond acceptors (Lipinski definition) is 8. The summed E-state index contributed by atoms with van der Waals surface area (Å²) >= 11 is 4.47. The van der Waals surface area contributed by atoms with Crippen molar-refractivity contribution in [3.05, 3.63) is 93.1 Å². The summed E-state index contributed by atoms with van der Waals surface area (Å²) in [5.74, 6) is -2.18. The molecule has 2 aliphatic rings. The van der Waals surface area contributed by atoms with Gasteiger partial charge in [-0.05, 0) is 27.1 Å². The number of carbonyl (C=O) groups excluding carboxylic acids is 4. The lowest BCUT2D eigenvalue weighted by Gasteiger charge is -2.46. The van der Waals surface area contributed by atoms with Gasteiger partial charge in [0.2, 0.25) is 0 Å². The first kappa shape index (κ1) is 25.7. The van der Waals surface area contributed by atoms with Crippen LogP contribution in [0.3, 0.4) is 0 Å². The number of benzene rings is 2. The van der Waals surface area contributed by atoms with Crippen molar-refractivity contribution < 1.29 is 33.4 Å². The van der Waals surface area contributed by atoms with Gasteiger partial charge < -0.3 is 14.2 Å². The highest BCUT2D eigenvalue weighted by molar-refractivity contribution is 9.12. The van der Waals surface area contributed by atoms with E-state index in [2.05, 4.69) is 15.9 Å². The molecule has 186 valence electrons. The number of halogens is 1. The van der Waals surface area contributed by atoms with E-state index in [-0.39, 0.29) is 22.4 Å². The second-order valence-electron chi connectivity index (χ2n) is 7.90. The van der Waals surface area contributed by atoms with E-state index in [0.717, 1.165) is 11.1 Å². The highest BCUT2D eigenvalue weighted by atomic mass is 79.9. The van der Waals surface area contributed by atoms with Crippen LogP contribution in [0.4, 0.5) is 0 Å². The average molecular weight is 572 g/mol. The maximum absolute atomic E-state index is 13.7. The SMILES string of the molecule is COC(=O)/C(Br)=C1/C(=O)N2C(C(=O)OC(c3ccccc3)c3ccccc3)=C(COC(C)=O)CSC12. The van der Waals surface area contributed by atoms with E-state index >= 15 is 0 Å². The molecule has 2 heterocycles. The van der Waals surface area contributed by atoms with Crippen molar-refractivity contribution in [2.75, 3.05) is 19.5 Å². The lowest BCUT2D eigenvalue weighted by molar-refractivity contribution is -0.149. The third-order valence-corrected chi connectivity index (χ3v) is 7.62. The van der Waals surface area contributed by atoms with Crippen LogP contribution in [-0.4, -0.2) is 53.6 Å². The normalized spacial score (nSPS) is 18.3. The zero-order valence-corrected chi connectivity index (χ0v) is 21.8. The van der Waals surface area contributed by atoms with Crippen LogP contribution >= 0.6 is 27.7 Å². The monoisotopic (exact) mass is 571 g/mol. The molecule has 2 aromatic rings. The molecular formula is C26H22BrNO7S. The molecule has 8 nitrogen and oxygen atoms in total. The van der Waals surface area contributed by atoms with Crippen molar-refractivity contribution >= 4 is 51.5 Å². The molecule has 0 N–H and O–H groups in total. The quantitative estimate of drug-likeness (QED) is 0.214. The molecule has 0 saturated carbocycles. The van der Waals surface area contributed by atoms with Crippen LogP contribution in [0.5, 0.6) is 0 Å². The summed E-state index contributed by atoms with van der Waals surface area (Å²) in [6.45, 7) is 1.10. The van der Waals surface area contributed by atoms with Gasteiger partial charge in [-0.3, -0.25) is 14.5 Å². The summed E-state index contributed by atoms with van der Waals surface area (Å²) in [7, 11) is 1.21. The van der Waals surface area contributed by atoms with Crippen LogP contribution in [0.15, 0.2) is 82.0 Å². The molecule has 1 amide bonds. The molecular weight excluding hydrogens is 550 g/mol. The van der Waals surface area contributed by atoms with Crippen LogP contribution in [0, 0.1) is 0 Å². The fourth-order valence-corrected chi connectivity index (χ4v) is 5.90. The lowest BCUT2D eigenvalue weighted by atomic mass is 10.00. The topological polar surface area (TPSA) is 99.2 Å². The van der Waals surface area contributed by atoms with Crippen LogP contribution in [0.25, 0.3) is 0 Å². The minimum absolute atomic E-state index is 0.00588. The van der Waals surface area contributed by atoms with Gasteiger partial charge in [0.15, 0.2) is 6.10 Å².